The number of methoxy groups -OCH3 is 1. The summed E-state index contributed by atoms with van der Waals surface area (Å²) in [6.45, 7) is 0. The second kappa shape index (κ2) is 2.48. The van der Waals surface area contributed by atoms with Crippen LogP contribution >= 0.6 is 0 Å². The molecule has 4 heteroatoms. The normalized spacial score (nSPS) is 10.5. The fourth-order valence-corrected chi connectivity index (χ4v) is 1.08. The van der Waals surface area contributed by atoms with Crippen LogP contribution in [-0.4, -0.2) is 17.1 Å². The molecule has 0 saturated heterocycles. The van der Waals surface area contributed by atoms with Crippen molar-refractivity contribution in [2.45, 2.75) is 0 Å². The third kappa shape index (κ3) is 0.922. The lowest BCUT2D eigenvalue weighted by atomic mass is 10.3. The number of hydrogen-bond donors (Lipinski definition) is 1. The fourth-order valence-electron chi connectivity index (χ4n) is 1.08. The number of ether oxygens (including phenoxy) is 1. The van der Waals surface area contributed by atoms with E-state index in [0.717, 1.165) is 5.39 Å². The number of halogens is 1. The second-order valence-corrected chi connectivity index (χ2v) is 2.40. The minimum absolute atomic E-state index is 0.169. The molecule has 2 rings (SSSR count). The van der Waals surface area contributed by atoms with Gasteiger partial charge in [0, 0.05) is 11.6 Å². The molecule has 0 aliphatic carbocycles. The van der Waals surface area contributed by atoms with Crippen LogP contribution in [0.5, 0.6) is 5.75 Å². The number of rotatable bonds is 1. The van der Waals surface area contributed by atoms with Gasteiger partial charge in [-0.1, -0.05) is 0 Å². The van der Waals surface area contributed by atoms with Crippen LogP contribution in [0.2, 0.25) is 0 Å². The number of nitrogens with zero attached hydrogens (tertiary/aromatic N) is 1. The third-order valence-electron chi connectivity index (χ3n) is 1.68. The molecule has 0 amide bonds. The summed E-state index contributed by atoms with van der Waals surface area (Å²) in [5, 5.41) is 0.841. The number of nitrogens with one attached hydrogen (secondary N) is 1. The van der Waals surface area contributed by atoms with Gasteiger partial charge in [-0.25, -0.2) is 0 Å². The van der Waals surface area contributed by atoms with E-state index in [2.05, 4.69) is 9.97 Å². The molecule has 1 N–H and O–H groups in total. The van der Waals surface area contributed by atoms with E-state index in [0.29, 0.717) is 5.65 Å². The molecule has 0 radical (unpaired) electrons. The van der Waals surface area contributed by atoms with Crippen LogP contribution in [0, 0.1) is 5.95 Å². The third-order valence-corrected chi connectivity index (χ3v) is 1.68. The summed E-state index contributed by atoms with van der Waals surface area (Å²) < 4.78 is 17.7. The van der Waals surface area contributed by atoms with Crippen molar-refractivity contribution < 1.29 is 9.13 Å². The van der Waals surface area contributed by atoms with Crippen LogP contribution in [-0.2, 0) is 0 Å². The van der Waals surface area contributed by atoms with Crippen molar-refractivity contribution >= 4 is 11.0 Å². The largest absolute Gasteiger partial charge is 0.492 e. The Morgan fingerprint density at radius 2 is 2.42 bits per heavy atom. The first-order chi connectivity index (χ1) is 5.81. The van der Waals surface area contributed by atoms with Crippen molar-refractivity contribution in [3.63, 3.8) is 0 Å². The quantitative estimate of drug-likeness (QED) is 0.655. The summed E-state index contributed by atoms with van der Waals surface area (Å²) in [5.41, 5.74) is 0.535. The zero-order valence-corrected chi connectivity index (χ0v) is 6.47. The monoisotopic (exact) mass is 166 g/mol. The average molecular weight is 166 g/mol. The summed E-state index contributed by atoms with van der Waals surface area (Å²) in [4.78, 5) is 6.46. The zero-order chi connectivity index (χ0) is 8.55. The maximum absolute atomic E-state index is 12.9. The van der Waals surface area contributed by atoms with E-state index >= 15 is 0 Å². The smallest absolute Gasteiger partial charge is 0.257 e. The number of fused-ring (bicyclic) bond motifs is 1. The molecule has 0 aromatic carbocycles. The Balaban J connectivity index is 2.73. The molecular weight excluding hydrogens is 159 g/mol. The standard InChI is InChI=1S/C8H7FN2O/c1-12-6-4-5-2-3-10-8(5)11-7(6)9/h2-4H,1H3,(H,10,11). The average Bonchev–Trinajstić information content (AvgIpc) is 2.49. The Labute approximate surface area is 68.2 Å². The van der Waals surface area contributed by atoms with Crippen LogP contribution in [0.1, 0.15) is 0 Å². The van der Waals surface area contributed by atoms with Gasteiger partial charge in [-0.3, -0.25) is 0 Å². The SMILES string of the molecule is COc1cc2cc[nH]c2nc1F. The highest BCUT2D eigenvalue weighted by molar-refractivity contribution is 5.76. The molecule has 0 unspecified atom stereocenters. The lowest BCUT2D eigenvalue weighted by Gasteiger charge is -1.99. The first-order valence-corrected chi connectivity index (χ1v) is 3.49. The van der Waals surface area contributed by atoms with E-state index in [-0.39, 0.29) is 5.75 Å². The Kier molecular flexibility index (Phi) is 1.46. The van der Waals surface area contributed by atoms with Gasteiger partial charge < -0.3 is 9.72 Å². The van der Waals surface area contributed by atoms with E-state index in [1.54, 1.807) is 12.3 Å². The van der Waals surface area contributed by atoms with Gasteiger partial charge in [0.2, 0.25) is 0 Å². The summed E-state index contributed by atoms with van der Waals surface area (Å²) in [6, 6.07) is 3.42. The van der Waals surface area contributed by atoms with Crippen molar-refractivity contribution in [2.24, 2.45) is 0 Å². The van der Waals surface area contributed by atoms with Crippen molar-refractivity contribution in [1.82, 2.24) is 9.97 Å². The summed E-state index contributed by atoms with van der Waals surface area (Å²) >= 11 is 0. The topological polar surface area (TPSA) is 37.9 Å². The van der Waals surface area contributed by atoms with Crippen LogP contribution in [0.15, 0.2) is 18.3 Å². The van der Waals surface area contributed by atoms with E-state index in [4.69, 9.17) is 4.74 Å². The van der Waals surface area contributed by atoms with Gasteiger partial charge in [0.25, 0.3) is 5.95 Å². The molecule has 2 aromatic heterocycles. The number of aromatic amines is 1. The molecule has 0 spiro atoms. The van der Waals surface area contributed by atoms with Crippen LogP contribution in [0.3, 0.4) is 0 Å². The van der Waals surface area contributed by atoms with Crippen molar-refractivity contribution in [3.8, 4) is 5.75 Å². The molecule has 2 heterocycles. The highest BCUT2D eigenvalue weighted by Gasteiger charge is 2.05. The maximum Gasteiger partial charge on any atom is 0.257 e. The molecular formula is C8H7FN2O. The number of aromatic nitrogens is 2. The molecule has 3 nitrogen and oxygen atoms in total. The number of hydrogen-bond acceptors (Lipinski definition) is 2. The summed E-state index contributed by atoms with van der Waals surface area (Å²) in [5.74, 6) is -0.422. The first-order valence-electron chi connectivity index (χ1n) is 3.49. The number of pyridine rings is 1. The van der Waals surface area contributed by atoms with Crippen molar-refractivity contribution in [2.75, 3.05) is 7.11 Å². The van der Waals surface area contributed by atoms with E-state index in [1.807, 2.05) is 6.07 Å². The molecule has 0 saturated carbocycles. The molecule has 0 fully saturated rings. The second-order valence-electron chi connectivity index (χ2n) is 2.40. The van der Waals surface area contributed by atoms with Gasteiger partial charge in [0.15, 0.2) is 5.75 Å². The highest BCUT2D eigenvalue weighted by atomic mass is 19.1. The maximum atomic E-state index is 12.9. The van der Waals surface area contributed by atoms with E-state index in [1.165, 1.54) is 7.11 Å². The predicted molar refractivity (Wildman–Crippen MR) is 42.6 cm³/mol. The lowest BCUT2D eigenvalue weighted by molar-refractivity contribution is 0.379. The highest BCUT2D eigenvalue weighted by Crippen LogP contribution is 2.20. The molecule has 0 aliphatic rings. The van der Waals surface area contributed by atoms with Crippen LogP contribution < -0.4 is 4.74 Å². The molecule has 0 aliphatic heterocycles. The first kappa shape index (κ1) is 7.09. The van der Waals surface area contributed by atoms with Gasteiger partial charge in [-0.05, 0) is 12.1 Å². The molecule has 2 aromatic rings. The van der Waals surface area contributed by atoms with Gasteiger partial charge in [0.05, 0.1) is 7.11 Å². The molecule has 0 bridgehead atoms. The van der Waals surface area contributed by atoms with Gasteiger partial charge >= 0.3 is 0 Å². The van der Waals surface area contributed by atoms with Crippen LogP contribution in [0.4, 0.5) is 4.39 Å². The summed E-state index contributed by atoms with van der Waals surface area (Å²) in [7, 11) is 1.42. The van der Waals surface area contributed by atoms with Gasteiger partial charge in [-0.15, -0.1) is 0 Å². The van der Waals surface area contributed by atoms with Gasteiger partial charge in [-0.2, -0.15) is 9.37 Å². The molecule has 62 valence electrons. The Morgan fingerprint density at radius 1 is 1.58 bits per heavy atom. The van der Waals surface area contributed by atoms with Gasteiger partial charge in [0.1, 0.15) is 5.65 Å². The summed E-state index contributed by atoms with van der Waals surface area (Å²) in [6.07, 6.45) is 1.70. The Morgan fingerprint density at radius 3 is 3.17 bits per heavy atom. The van der Waals surface area contributed by atoms with Crippen molar-refractivity contribution in [3.05, 3.63) is 24.3 Å². The Bertz CT molecular complexity index is 410. The van der Waals surface area contributed by atoms with Crippen LogP contribution in [0.25, 0.3) is 11.0 Å². The predicted octanol–water partition coefficient (Wildman–Crippen LogP) is 1.71. The minimum atomic E-state index is -0.590. The van der Waals surface area contributed by atoms with Crippen molar-refractivity contribution in [1.29, 1.82) is 0 Å². The van der Waals surface area contributed by atoms with E-state index in [9.17, 15) is 4.39 Å². The molecule has 0 atom stereocenters. The zero-order valence-electron chi connectivity index (χ0n) is 6.47. The van der Waals surface area contributed by atoms with E-state index < -0.39 is 5.95 Å². The fraction of sp³-hybridized carbons (Fsp3) is 0.125. The lowest BCUT2D eigenvalue weighted by Crippen LogP contribution is -1.91. The Hall–Kier alpha value is -1.58. The molecule has 12 heavy (non-hydrogen) atoms. The minimum Gasteiger partial charge on any atom is -0.492 e. The number of H-pyrrole nitrogens is 1.